The summed E-state index contributed by atoms with van der Waals surface area (Å²) in [5.74, 6) is 0.134. The second-order valence-electron chi connectivity index (χ2n) is 7.83. The molecule has 134 valence electrons. The highest BCUT2D eigenvalue weighted by atomic mass is 16.5. The largest absolute Gasteiger partial charge is 0.464 e. The minimum atomic E-state index is -0.496. The van der Waals surface area contributed by atoms with Crippen molar-refractivity contribution in [3.05, 3.63) is 11.4 Å². The number of nitrogens with one attached hydrogen (secondary N) is 1. The summed E-state index contributed by atoms with van der Waals surface area (Å²) < 4.78 is 6.25. The van der Waals surface area contributed by atoms with Crippen LogP contribution in [0.4, 0.5) is 5.69 Å². The Morgan fingerprint density at radius 3 is 2.29 bits per heavy atom. The molecule has 2 rings (SSSR count). The predicted octanol–water partition coefficient (Wildman–Crippen LogP) is 3.31. The maximum absolute atomic E-state index is 12.6. The molecule has 6 nitrogen and oxygen atoms in total. The van der Waals surface area contributed by atoms with Gasteiger partial charge in [-0.3, -0.25) is 9.48 Å². The Morgan fingerprint density at radius 2 is 1.79 bits per heavy atom. The van der Waals surface area contributed by atoms with Crippen molar-refractivity contribution in [1.29, 1.82) is 0 Å². The molecular formula is C18H29N3O3. The molecule has 24 heavy (non-hydrogen) atoms. The summed E-state index contributed by atoms with van der Waals surface area (Å²) in [4.78, 5) is 24.6. The quantitative estimate of drug-likeness (QED) is 0.860. The van der Waals surface area contributed by atoms with Gasteiger partial charge in [0.05, 0.1) is 18.5 Å². The van der Waals surface area contributed by atoms with Crippen LogP contribution < -0.4 is 5.32 Å². The average molecular weight is 335 g/mol. The topological polar surface area (TPSA) is 73.2 Å². The third-order valence-corrected chi connectivity index (χ3v) is 5.17. The van der Waals surface area contributed by atoms with Crippen molar-refractivity contribution in [2.24, 2.45) is 24.3 Å². The van der Waals surface area contributed by atoms with Gasteiger partial charge in [0, 0.05) is 13.0 Å². The van der Waals surface area contributed by atoms with Crippen molar-refractivity contribution in [1.82, 2.24) is 9.78 Å². The molecule has 6 heteroatoms. The standard InChI is InChI=1S/C18H29N3O3/c1-11-14(15(17(23)24-6)21(5)20-11)19-16(22)12-7-9-13(10-8-12)18(2,3)4/h12-13H,7-10H2,1-6H3,(H,19,22). The van der Waals surface area contributed by atoms with Crippen LogP contribution in [0.25, 0.3) is 0 Å². The van der Waals surface area contributed by atoms with Crippen LogP contribution in [0.1, 0.15) is 62.6 Å². The van der Waals surface area contributed by atoms with Gasteiger partial charge in [-0.25, -0.2) is 4.79 Å². The number of carbonyl (C=O) groups excluding carboxylic acids is 2. The van der Waals surface area contributed by atoms with Gasteiger partial charge in [0.2, 0.25) is 5.91 Å². The third kappa shape index (κ3) is 3.79. The van der Waals surface area contributed by atoms with Crippen molar-refractivity contribution in [2.45, 2.75) is 53.4 Å². The molecule has 1 aliphatic rings. The third-order valence-electron chi connectivity index (χ3n) is 5.17. The number of anilines is 1. The highest BCUT2D eigenvalue weighted by Gasteiger charge is 2.33. The van der Waals surface area contributed by atoms with E-state index in [0.29, 0.717) is 22.7 Å². The van der Waals surface area contributed by atoms with E-state index in [0.717, 1.165) is 25.7 Å². The molecule has 0 radical (unpaired) electrons. The van der Waals surface area contributed by atoms with Gasteiger partial charge in [0.25, 0.3) is 0 Å². The molecule has 1 fully saturated rings. The fourth-order valence-corrected chi connectivity index (χ4v) is 3.59. The summed E-state index contributed by atoms with van der Waals surface area (Å²) in [6.45, 7) is 8.57. The number of ether oxygens (including phenoxy) is 1. The van der Waals surface area contributed by atoms with Crippen molar-refractivity contribution < 1.29 is 14.3 Å². The molecule has 0 unspecified atom stereocenters. The van der Waals surface area contributed by atoms with E-state index in [1.54, 1.807) is 14.0 Å². The van der Waals surface area contributed by atoms with E-state index >= 15 is 0 Å². The summed E-state index contributed by atoms with van der Waals surface area (Å²) in [5, 5.41) is 7.14. The van der Waals surface area contributed by atoms with Crippen LogP contribution in [0.5, 0.6) is 0 Å². The predicted molar refractivity (Wildman–Crippen MR) is 92.8 cm³/mol. The Kier molecular flexibility index (Phi) is 5.35. The minimum Gasteiger partial charge on any atom is -0.464 e. The van der Waals surface area contributed by atoms with Crippen LogP contribution in [-0.2, 0) is 16.6 Å². The number of aryl methyl sites for hydroxylation is 2. The number of amides is 1. The molecule has 0 atom stereocenters. The minimum absolute atomic E-state index is 0.00583. The maximum Gasteiger partial charge on any atom is 0.358 e. The van der Waals surface area contributed by atoms with E-state index in [1.807, 2.05) is 0 Å². The Balaban J connectivity index is 2.08. The monoisotopic (exact) mass is 335 g/mol. The van der Waals surface area contributed by atoms with Gasteiger partial charge in [-0.05, 0) is 43.9 Å². The zero-order chi connectivity index (χ0) is 18.1. The molecular weight excluding hydrogens is 306 g/mol. The molecule has 1 aromatic heterocycles. The molecule has 1 amide bonds. The van der Waals surface area contributed by atoms with Gasteiger partial charge >= 0.3 is 5.97 Å². The lowest BCUT2D eigenvalue weighted by Crippen LogP contribution is -2.31. The van der Waals surface area contributed by atoms with Crippen molar-refractivity contribution in [2.75, 3.05) is 12.4 Å². The normalized spacial score (nSPS) is 21.4. The Bertz CT molecular complexity index is 620. The van der Waals surface area contributed by atoms with E-state index in [2.05, 4.69) is 31.2 Å². The van der Waals surface area contributed by atoms with Crippen molar-refractivity contribution >= 4 is 17.6 Å². The zero-order valence-electron chi connectivity index (χ0n) is 15.6. The lowest BCUT2D eigenvalue weighted by atomic mass is 9.69. The fraction of sp³-hybridized carbons (Fsp3) is 0.722. The van der Waals surface area contributed by atoms with Crippen molar-refractivity contribution in [3.8, 4) is 0 Å². The summed E-state index contributed by atoms with van der Waals surface area (Å²) in [7, 11) is 2.99. The number of aromatic nitrogens is 2. The van der Waals surface area contributed by atoms with Gasteiger partial charge in [0.15, 0.2) is 5.69 Å². The Hall–Kier alpha value is -1.85. The van der Waals surface area contributed by atoms with Crippen LogP contribution in [0, 0.1) is 24.2 Å². The summed E-state index contributed by atoms with van der Waals surface area (Å²) in [6.07, 6.45) is 3.91. The molecule has 1 heterocycles. The zero-order valence-corrected chi connectivity index (χ0v) is 15.6. The van der Waals surface area contributed by atoms with E-state index in [4.69, 9.17) is 4.74 Å². The Labute approximate surface area is 143 Å². The van der Waals surface area contributed by atoms with Gasteiger partial charge in [0.1, 0.15) is 0 Å². The smallest absolute Gasteiger partial charge is 0.358 e. The average Bonchev–Trinajstić information content (AvgIpc) is 2.79. The van der Waals surface area contributed by atoms with Gasteiger partial charge in [-0.2, -0.15) is 5.10 Å². The van der Waals surface area contributed by atoms with Crippen LogP contribution in [0.2, 0.25) is 0 Å². The molecule has 0 aromatic carbocycles. The number of esters is 1. The second kappa shape index (κ2) is 6.95. The number of rotatable bonds is 3. The lowest BCUT2D eigenvalue weighted by Gasteiger charge is -2.36. The molecule has 0 saturated heterocycles. The molecule has 1 saturated carbocycles. The molecule has 0 spiro atoms. The molecule has 1 N–H and O–H groups in total. The van der Waals surface area contributed by atoms with E-state index in [9.17, 15) is 9.59 Å². The number of hydrogen-bond acceptors (Lipinski definition) is 4. The van der Waals surface area contributed by atoms with E-state index in [-0.39, 0.29) is 17.5 Å². The van der Waals surface area contributed by atoms with Crippen molar-refractivity contribution in [3.63, 3.8) is 0 Å². The summed E-state index contributed by atoms with van der Waals surface area (Å²) >= 11 is 0. The summed E-state index contributed by atoms with van der Waals surface area (Å²) in [6, 6.07) is 0. The number of hydrogen-bond donors (Lipinski definition) is 1. The molecule has 0 bridgehead atoms. The molecule has 1 aliphatic carbocycles. The SMILES string of the molecule is COC(=O)c1c(NC(=O)C2CCC(C(C)(C)C)CC2)c(C)nn1C. The van der Waals surface area contributed by atoms with Gasteiger partial charge in [-0.1, -0.05) is 20.8 Å². The first-order valence-electron chi connectivity index (χ1n) is 8.58. The maximum atomic E-state index is 12.6. The van der Waals surface area contributed by atoms with Gasteiger partial charge in [-0.15, -0.1) is 0 Å². The number of carbonyl (C=O) groups is 2. The second-order valence-corrected chi connectivity index (χ2v) is 7.83. The van der Waals surface area contributed by atoms with Crippen LogP contribution in [0.15, 0.2) is 0 Å². The van der Waals surface area contributed by atoms with E-state index < -0.39 is 5.97 Å². The highest BCUT2D eigenvalue weighted by molar-refractivity contribution is 6.01. The van der Waals surface area contributed by atoms with Crippen LogP contribution in [0.3, 0.4) is 0 Å². The van der Waals surface area contributed by atoms with Crippen LogP contribution in [-0.4, -0.2) is 28.8 Å². The molecule has 1 aromatic rings. The fourth-order valence-electron chi connectivity index (χ4n) is 3.59. The first kappa shape index (κ1) is 18.5. The summed E-state index contributed by atoms with van der Waals surface area (Å²) in [5.41, 5.74) is 1.66. The Morgan fingerprint density at radius 1 is 1.21 bits per heavy atom. The first-order valence-corrected chi connectivity index (χ1v) is 8.58. The van der Waals surface area contributed by atoms with Gasteiger partial charge < -0.3 is 10.1 Å². The number of nitrogens with zero attached hydrogens (tertiary/aromatic N) is 2. The highest BCUT2D eigenvalue weighted by Crippen LogP contribution is 2.40. The lowest BCUT2D eigenvalue weighted by molar-refractivity contribution is -0.121. The number of methoxy groups -OCH3 is 1. The van der Waals surface area contributed by atoms with Crippen LogP contribution >= 0.6 is 0 Å². The first-order chi connectivity index (χ1) is 11.1. The molecule has 0 aliphatic heterocycles. The van der Waals surface area contributed by atoms with E-state index in [1.165, 1.54) is 11.8 Å².